The summed E-state index contributed by atoms with van der Waals surface area (Å²) in [6.07, 6.45) is 0. The van der Waals surface area contributed by atoms with Crippen LogP contribution in [0.2, 0.25) is 0 Å². The molecule has 3 rings (SSSR count). The fourth-order valence-corrected chi connectivity index (χ4v) is 2.24. The van der Waals surface area contributed by atoms with Crippen LogP contribution in [0.15, 0.2) is 59.4 Å². The summed E-state index contributed by atoms with van der Waals surface area (Å²) in [6.45, 7) is 0.159. The lowest BCUT2D eigenvalue weighted by Crippen LogP contribution is -2.33. The maximum atomic E-state index is 12.3. The zero-order chi connectivity index (χ0) is 17.6. The fourth-order valence-electron chi connectivity index (χ4n) is 2.24. The van der Waals surface area contributed by atoms with E-state index in [1.807, 2.05) is 30.3 Å². The smallest absolute Gasteiger partial charge is 0.368 e. The summed E-state index contributed by atoms with van der Waals surface area (Å²) in [6, 6.07) is 16.3. The second-order valence-electron chi connectivity index (χ2n) is 5.29. The average molecular weight is 339 g/mol. The third kappa shape index (κ3) is 3.92. The van der Waals surface area contributed by atoms with Gasteiger partial charge in [0.2, 0.25) is 5.91 Å². The standard InChI is InChI=1S/C17H17N5O3/c1-25-15-9-7-13(8-10-15)11-18-16(23)12-21-17(24)22(20-19-21)14-5-3-2-4-6-14/h2-10H,11-12H2,1H3,(H,18,23). The van der Waals surface area contributed by atoms with Crippen molar-refractivity contribution in [3.05, 3.63) is 70.6 Å². The van der Waals surface area contributed by atoms with Gasteiger partial charge < -0.3 is 10.1 Å². The van der Waals surface area contributed by atoms with Crippen LogP contribution in [0, 0.1) is 0 Å². The first-order valence-corrected chi connectivity index (χ1v) is 7.65. The minimum absolute atomic E-state index is 0.193. The Morgan fingerprint density at radius 2 is 1.80 bits per heavy atom. The lowest BCUT2D eigenvalue weighted by atomic mass is 10.2. The summed E-state index contributed by atoms with van der Waals surface area (Å²) < 4.78 is 7.26. The maximum Gasteiger partial charge on any atom is 0.368 e. The second kappa shape index (κ2) is 7.43. The van der Waals surface area contributed by atoms with E-state index in [2.05, 4.69) is 15.7 Å². The molecule has 0 unspecified atom stereocenters. The molecule has 0 bridgehead atoms. The van der Waals surface area contributed by atoms with Gasteiger partial charge in [0.05, 0.1) is 12.8 Å². The van der Waals surface area contributed by atoms with Gasteiger partial charge in [-0.05, 0) is 40.3 Å². The van der Waals surface area contributed by atoms with Crippen LogP contribution in [-0.2, 0) is 17.9 Å². The van der Waals surface area contributed by atoms with Gasteiger partial charge in [0.15, 0.2) is 0 Å². The number of carbonyl (C=O) groups excluding carboxylic acids is 1. The van der Waals surface area contributed by atoms with E-state index in [-0.39, 0.29) is 12.5 Å². The topological polar surface area (TPSA) is 91.0 Å². The number of methoxy groups -OCH3 is 1. The van der Waals surface area contributed by atoms with Gasteiger partial charge in [0, 0.05) is 6.54 Å². The fraction of sp³-hybridized carbons (Fsp3) is 0.176. The number of hydrogen-bond donors (Lipinski definition) is 1. The van der Waals surface area contributed by atoms with Crippen molar-refractivity contribution >= 4 is 5.91 Å². The van der Waals surface area contributed by atoms with Crippen molar-refractivity contribution in [1.29, 1.82) is 0 Å². The largest absolute Gasteiger partial charge is 0.497 e. The van der Waals surface area contributed by atoms with Crippen molar-refractivity contribution in [2.24, 2.45) is 0 Å². The van der Waals surface area contributed by atoms with Gasteiger partial charge in [0.25, 0.3) is 0 Å². The van der Waals surface area contributed by atoms with Gasteiger partial charge >= 0.3 is 5.69 Å². The predicted molar refractivity (Wildman–Crippen MR) is 90.5 cm³/mol. The Balaban J connectivity index is 1.61. The van der Waals surface area contributed by atoms with E-state index in [0.717, 1.165) is 20.7 Å². The molecule has 0 aliphatic carbocycles. The van der Waals surface area contributed by atoms with Crippen molar-refractivity contribution in [1.82, 2.24) is 25.1 Å². The van der Waals surface area contributed by atoms with Crippen LogP contribution in [0.25, 0.3) is 5.69 Å². The zero-order valence-corrected chi connectivity index (χ0v) is 13.6. The Hall–Kier alpha value is -3.42. The van der Waals surface area contributed by atoms with Crippen LogP contribution in [-0.4, -0.2) is 32.8 Å². The highest BCUT2D eigenvalue weighted by Crippen LogP contribution is 2.10. The number of tetrazole rings is 1. The maximum absolute atomic E-state index is 12.3. The molecule has 1 heterocycles. The highest BCUT2D eigenvalue weighted by Gasteiger charge is 2.11. The normalized spacial score (nSPS) is 10.4. The van der Waals surface area contributed by atoms with E-state index in [1.54, 1.807) is 31.4 Å². The molecular weight excluding hydrogens is 322 g/mol. The Morgan fingerprint density at radius 3 is 2.48 bits per heavy atom. The number of carbonyl (C=O) groups is 1. The average Bonchev–Trinajstić information content (AvgIpc) is 3.01. The Kier molecular flexibility index (Phi) is 4.89. The van der Waals surface area contributed by atoms with E-state index >= 15 is 0 Å². The minimum atomic E-state index is -0.467. The molecule has 8 nitrogen and oxygen atoms in total. The predicted octanol–water partition coefficient (Wildman–Crippen LogP) is 0.754. The molecule has 2 aromatic carbocycles. The molecule has 0 aliphatic heterocycles. The number of nitrogens with one attached hydrogen (secondary N) is 1. The molecule has 3 aromatic rings. The van der Waals surface area contributed by atoms with Gasteiger partial charge in [-0.1, -0.05) is 30.3 Å². The summed E-state index contributed by atoms with van der Waals surface area (Å²) in [5.74, 6) is 0.428. The molecule has 0 radical (unpaired) electrons. The lowest BCUT2D eigenvalue weighted by molar-refractivity contribution is -0.122. The van der Waals surface area contributed by atoms with Crippen molar-refractivity contribution in [2.45, 2.75) is 13.1 Å². The van der Waals surface area contributed by atoms with Crippen molar-refractivity contribution in [3.63, 3.8) is 0 Å². The van der Waals surface area contributed by atoms with Crippen molar-refractivity contribution < 1.29 is 9.53 Å². The molecule has 128 valence electrons. The van der Waals surface area contributed by atoms with Crippen LogP contribution in [0.3, 0.4) is 0 Å². The number of benzene rings is 2. The highest BCUT2D eigenvalue weighted by molar-refractivity contribution is 5.75. The van der Waals surface area contributed by atoms with Crippen LogP contribution in [0.4, 0.5) is 0 Å². The Labute approximate surface area is 143 Å². The quantitative estimate of drug-likeness (QED) is 0.716. The summed E-state index contributed by atoms with van der Waals surface area (Å²) in [5.41, 5.74) is 1.05. The second-order valence-corrected chi connectivity index (χ2v) is 5.29. The first-order chi connectivity index (χ1) is 12.2. The van der Waals surface area contributed by atoms with E-state index in [0.29, 0.717) is 12.2 Å². The molecule has 1 aromatic heterocycles. The zero-order valence-electron chi connectivity index (χ0n) is 13.6. The number of hydrogen-bond acceptors (Lipinski definition) is 5. The number of rotatable bonds is 6. The number of amides is 1. The van der Waals surface area contributed by atoms with Gasteiger partial charge in [-0.3, -0.25) is 4.79 Å². The minimum Gasteiger partial charge on any atom is -0.497 e. The molecular formula is C17H17N5O3. The lowest BCUT2D eigenvalue weighted by Gasteiger charge is -2.05. The first-order valence-electron chi connectivity index (χ1n) is 7.65. The Morgan fingerprint density at radius 1 is 1.08 bits per heavy atom. The molecule has 1 N–H and O–H groups in total. The molecule has 1 amide bonds. The van der Waals surface area contributed by atoms with Crippen LogP contribution in [0.1, 0.15) is 5.56 Å². The van der Waals surface area contributed by atoms with Crippen LogP contribution in [0.5, 0.6) is 5.75 Å². The monoisotopic (exact) mass is 339 g/mol. The van der Waals surface area contributed by atoms with E-state index in [9.17, 15) is 9.59 Å². The van der Waals surface area contributed by atoms with Gasteiger partial charge in [0.1, 0.15) is 12.3 Å². The summed E-state index contributed by atoms with van der Waals surface area (Å²) in [5, 5.41) is 10.3. The molecule has 0 saturated carbocycles. The highest BCUT2D eigenvalue weighted by atomic mass is 16.5. The van der Waals surface area contributed by atoms with Gasteiger partial charge in [-0.2, -0.15) is 9.36 Å². The number of nitrogens with zero attached hydrogens (tertiary/aromatic N) is 4. The molecule has 0 fully saturated rings. The summed E-state index contributed by atoms with van der Waals surface area (Å²) in [4.78, 5) is 24.3. The molecule has 8 heteroatoms. The van der Waals surface area contributed by atoms with Crippen molar-refractivity contribution in [2.75, 3.05) is 7.11 Å². The van der Waals surface area contributed by atoms with Gasteiger partial charge in [-0.15, -0.1) is 0 Å². The third-order valence-electron chi connectivity index (χ3n) is 3.58. The molecule has 25 heavy (non-hydrogen) atoms. The SMILES string of the molecule is COc1ccc(CNC(=O)Cn2nnn(-c3ccccc3)c2=O)cc1. The van der Waals surface area contributed by atoms with Gasteiger partial charge in [-0.25, -0.2) is 4.79 Å². The molecule has 0 saturated heterocycles. The van der Waals surface area contributed by atoms with Crippen molar-refractivity contribution in [3.8, 4) is 11.4 Å². The number of para-hydroxylation sites is 1. The van der Waals surface area contributed by atoms with Crippen LogP contribution < -0.4 is 15.7 Å². The van der Waals surface area contributed by atoms with E-state index in [1.165, 1.54) is 0 Å². The number of ether oxygens (including phenoxy) is 1. The summed E-state index contributed by atoms with van der Waals surface area (Å²) in [7, 11) is 1.59. The third-order valence-corrected chi connectivity index (χ3v) is 3.58. The first kappa shape index (κ1) is 16.4. The van der Waals surface area contributed by atoms with E-state index in [4.69, 9.17) is 4.74 Å². The summed E-state index contributed by atoms with van der Waals surface area (Å²) >= 11 is 0. The van der Waals surface area contributed by atoms with Crippen LogP contribution >= 0.6 is 0 Å². The molecule has 0 spiro atoms. The number of aromatic nitrogens is 4. The Bertz CT molecular complexity index is 900. The molecule has 0 aliphatic rings. The van der Waals surface area contributed by atoms with E-state index < -0.39 is 5.69 Å². The molecule has 0 atom stereocenters.